The monoisotopic (exact) mass is 286 g/mol. The predicted octanol–water partition coefficient (Wildman–Crippen LogP) is -0.0847. The highest BCUT2D eigenvalue weighted by molar-refractivity contribution is 7.87. The molecule has 1 N–H and O–H groups in total. The summed E-state index contributed by atoms with van der Waals surface area (Å²) in [5, 5.41) is 0. The Kier molecular flexibility index (Phi) is 4.99. The Morgan fingerprint density at radius 2 is 2.29 bits per heavy atom. The maximum absolute atomic E-state index is 11.8. The van der Waals surface area contributed by atoms with Gasteiger partial charge in [0, 0.05) is 18.5 Å². The van der Waals surface area contributed by atoms with Crippen LogP contribution < -0.4 is 4.72 Å². The van der Waals surface area contributed by atoms with E-state index in [1.165, 1.54) is 0 Å². The van der Waals surface area contributed by atoms with Crippen molar-refractivity contribution < 1.29 is 22.7 Å². The molecule has 7 nitrogen and oxygen atoms in total. The van der Waals surface area contributed by atoms with Crippen molar-refractivity contribution in [2.45, 2.75) is 19.1 Å². The molecule has 17 heavy (non-hydrogen) atoms. The van der Waals surface area contributed by atoms with Crippen LogP contribution in [0.4, 0.5) is 4.79 Å². The van der Waals surface area contributed by atoms with Gasteiger partial charge in [0.2, 0.25) is 0 Å². The third-order valence-corrected chi connectivity index (χ3v) is 4.22. The van der Waals surface area contributed by atoms with Gasteiger partial charge in [0.05, 0.1) is 19.8 Å². The molecule has 0 bridgehead atoms. The SMILES string of the molecule is COC(=O)NS(=O)(=O)N1CC(CCl)OCC1C. The quantitative estimate of drug-likeness (QED) is 0.733. The summed E-state index contributed by atoms with van der Waals surface area (Å²) in [5.41, 5.74) is 0. The number of rotatable bonds is 3. The number of methoxy groups -OCH3 is 1. The first kappa shape index (κ1) is 14.5. The van der Waals surface area contributed by atoms with E-state index in [-0.39, 0.29) is 31.2 Å². The molecule has 2 unspecified atom stereocenters. The fourth-order valence-electron chi connectivity index (χ4n) is 1.43. The third-order valence-electron chi connectivity index (χ3n) is 2.33. The van der Waals surface area contributed by atoms with Crippen LogP contribution in [0.1, 0.15) is 6.92 Å². The number of carbonyl (C=O) groups excluding carboxylic acids is 1. The summed E-state index contributed by atoms with van der Waals surface area (Å²) < 4.78 is 36.2. The van der Waals surface area contributed by atoms with E-state index in [1.54, 1.807) is 11.6 Å². The minimum absolute atomic E-state index is 0.108. The molecule has 0 aromatic carbocycles. The van der Waals surface area contributed by atoms with E-state index in [4.69, 9.17) is 16.3 Å². The average molecular weight is 287 g/mol. The minimum Gasteiger partial charge on any atom is -0.452 e. The van der Waals surface area contributed by atoms with Crippen LogP contribution in [0, 0.1) is 0 Å². The Morgan fingerprint density at radius 1 is 1.65 bits per heavy atom. The molecule has 0 aromatic heterocycles. The Hall–Kier alpha value is -0.570. The number of nitrogens with zero attached hydrogens (tertiary/aromatic N) is 1. The fraction of sp³-hybridized carbons (Fsp3) is 0.875. The van der Waals surface area contributed by atoms with Gasteiger partial charge in [0.25, 0.3) is 0 Å². The summed E-state index contributed by atoms with van der Waals surface area (Å²) in [4.78, 5) is 10.9. The Bertz CT molecular complexity index is 374. The van der Waals surface area contributed by atoms with Gasteiger partial charge in [-0.1, -0.05) is 0 Å². The molecule has 0 aromatic rings. The second-order valence-electron chi connectivity index (χ2n) is 3.63. The Balaban J connectivity index is 2.77. The van der Waals surface area contributed by atoms with Crippen molar-refractivity contribution in [2.24, 2.45) is 0 Å². The van der Waals surface area contributed by atoms with Crippen LogP contribution in [0.25, 0.3) is 0 Å². The predicted molar refractivity (Wildman–Crippen MR) is 61.1 cm³/mol. The number of morpholine rings is 1. The standard InChI is InChI=1S/C8H15ClN2O5S/c1-6-5-16-7(3-9)4-11(6)17(13,14)10-8(12)15-2/h6-7H,3-5H2,1-2H3,(H,10,12). The lowest BCUT2D eigenvalue weighted by molar-refractivity contribution is -0.0156. The van der Waals surface area contributed by atoms with E-state index in [1.807, 2.05) is 0 Å². The van der Waals surface area contributed by atoms with Crippen molar-refractivity contribution in [1.29, 1.82) is 0 Å². The molecule has 1 heterocycles. The van der Waals surface area contributed by atoms with Crippen molar-refractivity contribution in [3.63, 3.8) is 0 Å². The second kappa shape index (κ2) is 5.85. The van der Waals surface area contributed by atoms with Crippen molar-refractivity contribution in [2.75, 3.05) is 26.1 Å². The summed E-state index contributed by atoms with van der Waals surface area (Å²) in [6.07, 6.45) is -1.40. The minimum atomic E-state index is -3.92. The van der Waals surface area contributed by atoms with Gasteiger partial charge in [-0.15, -0.1) is 11.6 Å². The van der Waals surface area contributed by atoms with E-state index in [9.17, 15) is 13.2 Å². The summed E-state index contributed by atoms with van der Waals surface area (Å²) in [7, 11) is -2.82. The highest BCUT2D eigenvalue weighted by Gasteiger charge is 2.35. The summed E-state index contributed by atoms with van der Waals surface area (Å²) >= 11 is 5.62. The number of nitrogens with one attached hydrogen (secondary N) is 1. The Labute approximate surface area is 105 Å². The van der Waals surface area contributed by atoms with Crippen molar-refractivity contribution in [3.05, 3.63) is 0 Å². The normalized spacial score (nSPS) is 26.5. The molecule has 2 atom stereocenters. The number of carbonyl (C=O) groups is 1. The van der Waals surface area contributed by atoms with Crippen LogP contribution in [0.2, 0.25) is 0 Å². The fourth-order valence-corrected chi connectivity index (χ4v) is 2.92. The third kappa shape index (κ3) is 3.70. The van der Waals surface area contributed by atoms with Crippen LogP contribution >= 0.6 is 11.6 Å². The van der Waals surface area contributed by atoms with Gasteiger partial charge in [0.1, 0.15) is 0 Å². The lowest BCUT2D eigenvalue weighted by atomic mass is 10.2. The highest BCUT2D eigenvalue weighted by atomic mass is 35.5. The topological polar surface area (TPSA) is 84.9 Å². The first-order chi connectivity index (χ1) is 7.90. The molecule has 100 valence electrons. The smallest absolute Gasteiger partial charge is 0.421 e. The molecular weight excluding hydrogens is 272 g/mol. The molecule has 1 fully saturated rings. The number of amides is 1. The van der Waals surface area contributed by atoms with Crippen LogP contribution in [-0.2, 0) is 19.7 Å². The molecule has 1 aliphatic heterocycles. The molecule has 1 aliphatic rings. The van der Waals surface area contributed by atoms with Crippen molar-refractivity contribution in [3.8, 4) is 0 Å². The first-order valence-corrected chi connectivity index (χ1v) is 6.93. The molecule has 9 heteroatoms. The van der Waals surface area contributed by atoms with E-state index >= 15 is 0 Å². The maximum Gasteiger partial charge on any atom is 0.421 e. The van der Waals surface area contributed by atoms with Gasteiger partial charge < -0.3 is 9.47 Å². The molecule has 0 aliphatic carbocycles. The average Bonchev–Trinajstić information content (AvgIpc) is 2.28. The van der Waals surface area contributed by atoms with Crippen molar-refractivity contribution in [1.82, 2.24) is 9.03 Å². The van der Waals surface area contributed by atoms with Gasteiger partial charge in [-0.3, -0.25) is 0 Å². The zero-order valence-corrected chi connectivity index (χ0v) is 11.1. The number of halogens is 1. The van der Waals surface area contributed by atoms with Crippen LogP contribution in [0.3, 0.4) is 0 Å². The largest absolute Gasteiger partial charge is 0.452 e. The van der Waals surface area contributed by atoms with E-state index in [0.717, 1.165) is 11.4 Å². The van der Waals surface area contributed by atoms with Gasteiger partial charge in [-0.25, -0.2) is 9.52 Å². The van der Waals surface area contributed by atoms with Gasteiger partial charge in [-0.2, -0.15) is 12.7 Å². The van der Waals surface area contributed by atoms with E-state index < -0.39 is 16.3 Å². The van der Waals surface area contributed by atoms with Crippen LogP contribution in [-0.4, -0.2) is 57.1 Å². The molecule has 1 amide bonds. The van der Waals surface area contributed by atoms with Crippen molar-refractivity contribution >= 4 is 27.9 Å². The molecule has 0 radical (unpaired) electrons. The first-order valence-electron chi connectivity index (χ1n) is 4.95. The van der Waals surface area contributed by atoms with Crippen LogP contribution in [0.15, 0.2) is 0 Å². The lowest BCUT2D eigenvalue weighted by Crippen LogP contribution is -2.55. The number of hydrogen-bond acceptors (Lipinski definition) is 5. The van der Waals surface area contributed by atoms with Gasteiger partial charge in [0.15, 0.2) is 0 Å². The summed E-state index contributed by atoms with van der Waals surface area (Å²) in [6.45, 7) is 2.03. The zero-order valence-electron chi connectivity index (χ0n) is 9.55. The zero-order chi connectivity index (χ0) is 13.1. The Morgan fingerprint density at radius 3 is 2.82 bits per heavy atom. The highest BCUT2D eigenvalue weighted by Crippen LogP contribution is 2.15. The second-order valence-corrected chi connectivity index (χ2v) is 5.56. The number of hydrogen-bond donors (Lipinski definition) is 1. The van der Waals surface area contributed by atoms with Crippen LogP contribution in [0.5, 0.6) is 0 Å². The van der Waals surface area contributed by atoms with E-state index in [0.29, 0.717) is 0 Å². The van der Waals surface area contributed by atoms with E-state index in [2.05, 4.69) is 4.74 Å². The molecule has 0 saturated carbocycles. The summed E-state index contributed by atoms with van der Waals surface area (Å²) in [5.74, 6) is 0.191. The number of alkyl halides is 1. The molecular formula is C8H15ClN2O5S. The van der Waals surface area contributed by atoms with Gasteiger partial charge >= 0.3 is 16.3 Å². The van der Waals surface area contributed by atoms with Gasteiger partial charge in [-0.05, 0) is 6.92 Å². The molecule has 1 saturated heterocycles. The maximum atomic E-state index is 11.8. The lowest BCUT2D eigenvalue weighted by Gasteiger charge is -2.35. The summed E-state index contributed by atoms with van der Waals surface area (Å²) in [6, 6.07) is -0.364. The molecule has 0 spiro atoms. The molecule has 1 rings (SSSR count). The number of ether oxygens (including phenoxy) is 2.